The van der Waals surface area contributed by atoms with Crippen LogP contribution in [0, 0.1) is 27.7 Å². The molecule has 2 aromatic carbocycles. The molecule has 0 spiro atoms. The number of thiazole rings is 1. The summed E-state index contributed by atoms with van der Waals surface area (Å²) in [6, 6.07) is 9.74. The Morgan fingerprint density at radius 2 is 1.58 bits per heavy atom. The molecule has 4 rings (SSSR count). The largest absolute Gasteiger partial charge is 0.348 e. The van der Waals surface area contributed by atoms with Crippen LogP contribution in [0.5, 0.6) is 0 Å². The van der Waals surface area contributed by atoms with Gasteiger partial charge in [0.25, 0.3) is 0 Å². The van der Waals surface area contributed by atoms with Crippen molar-refractivity contribution in [3.63, 3.8) is 0 Å². The van der Waals surface area contributed by atoms with E-state index in [9.17, 15) is 8.42 Å². The van der Waals surface area contributed by atoms with Crippen molar-refractivity contribution in [3.8, 4) is 11.3 Å². The molecule has 0 aliphatic carbocycles. The molecule has 164 valence electrons. The maximum absolute atomic E-state index is 13.6. The number of aryl methyl sites for hydroxylation is 2. The van der Waals surface area contributed by atoms with Gasteiger partial charge in [-0.1, -0.05) is 29.8 Å². The molecule has 0 atom stereocenters. The molecule has 1 aliphatic heterocycles. The molecule has 3 aromatic rings. The first-order valence-electron chi connectivity index (χ1n) is 10.5. The van der Waals surface area contributed by atoms with E-state index in [1.807, 2.05) is 57.3 Å². The number of aromatic nitrogens is 1. The Hall–Kier alpha value is -1.89. The molecule has 7 heteroatoms. The molecule has 0 amide bonds. The predicted molar refractivity (Wildman–Crippen MR) is 130 cm³/mol. The Labute approximate surface area is 193 Å². The number of hydrogen-bond donors (Lipinski definition) is 0. The van der Waals surface area contributed by atoms with E-state index in [4.69, 9.17) is 16.6 Å². The van der Waals surface area contributed by atoms with Crippen molar-refractivity contribution >= 4 is 37.9 Å². The summed E-state index contributed by atoms with van der Waals surface area (Å²) < 4.78 is 27.1. The number of halogens is 1. The summed E-state index contributed by atoms with van der Waals surface area (Å²) >= 11 is 7.58. The number of piperidine rings is 1. The molecule has 0 unspecified atom stereocenters. The van der Waals surface area contributed by atoms with Crippen LogP contribution in [0.25, 0.3) is 11.3 Å². The van der Waals surface area contributed by atoms with Gasteiger partial charge in [0.15, 0.2) is 15.0 Å². The first-order chi connectivity index (χ1) is 14.7. The van der Waals surface area contributed by atoms with Gasteiger partial charge < -0.3 is 4.90 Å². The van der Waals surface area contributed by atoms with E-state index in [0.29, 0.717) is 35.8 Å². The van der Waals surface area contributed by atoms with E-state index < -0.39 is 9.84 Å². The summed E-state index contributed by atoms with van der Waals surface area (Å²) in [5.41, 5.74) is 5.81. The molecule has 4 nitrogen and oxygen atoms in total. The summed E-state index contributed by atoms with van der Waals surface area (Å²) in [5, 5.41) is 3.35. The van der Waals surface area contributed by atoms with Crippen LogP contribution in [-0.4, -0.2) is 31.7 Å². The van der Waals surface area contributed by atoms with Crippen molar-refractivity contribution in [3.05, 3.63) is 63.0 Å². The zero-order chi connectivity index (χ0) is 22.3. The van der Waals surface area contributed by atoms with E-state index >= 15 is 0 Å². The molecule has 0 radical (unpaired) electrons. The van der Waals surface area contributed by atoms with Gasteiger partial charge in [-0.15, -0.1) is 11.3 Å². The van der Waals surface area contributed by atoms with E-state index in [1.165, 1.54) is 0 Å². The Kier molecular flexibility index (Phi) is 6.16. The average Bonchev–Trinajstić information content (AvgIpc) is 3.23. The summed E-state index contributed by atoms with van der Waals surface area (Å²) in [4.78, 5) is 7.53. The fourth-order valence-electron chi connectivity index (χ4n) is 4.29. The number of anilines is 1. The lowest BCUT2D eigenvalue weighted by Crippen LogP contribution is -2.39. The van der Waals surface area contributed by atoms with Gasteiger partial charge >= 0.3 is 0 Å². The third kappa shape index (κ3) is 4.26. The lowest BCUT2D eigenvalue weighted by atomic mass is 10.0. The van der Waals surface area contributed by atoms with E-state index in [2.05, 4.69) is 11.0 Å². The van der Waals surface area contributed by atoms with Gasteiger partial charge in [0, 0.05) is 29.1 Å². The average molecular weight is 475 g/mol. The predicted octanol–water partition coefficient (Wildman–Crippen LogP) is 6.14. The highest BCUT2D eigenvalue weighted by Gasteiger charge is 2.34. The first-order valence-corrected chi connectivity index (χ1v) is 13.3. The van der Waals surface area contributed by atoms with Gasteiger partial charge in [0.1, 0.15) is 0 Å². The number of sulfone groups is 1. The molecule has 31 heavy (non-hydrogen) atoms. The highest BCUT2D eigenvalue weighted by atomic mass is 35.5. The van der Waals surface area contributed by atoms with Gasteiger partial charge in [0.05, 0.1) is 15.8 Å². The Morgan fingerprint density at radius 3 is 2.16 bits per heavy atom. The van der Waals surface area contributed by atoms with Crippen molar-refractivity contribution in [1.29, 1.82) is 0 Å². The molecule has 0 bridgehead atoms. The highest BCUT2D eigenvalue weighted by Crippen LogP contribution is 2.35. The van der Waals surface area contributed by atoms with Gasteiger partial charge in [-0.3, -0.25) is 0 Å². The van der Waals surface area contributed by atoms with Gasteiger partial charge in [-0.2, -0.15) is 0 Å². The number of hydrogen-bond acceptors (Lipinski definition) is 5. The van der Waals surface area contributed by atoms with Crippen LogP contribution in [0.4, 0.5) is 5.13 Å². The van der Waals surface area contributed by atoms with Crippen LogP contribution in [0.15, 0.2) is 40.6 Å². The first kappa shape index (κ1) is 22.3. The standard InChI is InChI=1S/C24H27ClN2O2S2/c1-15-13-16(2)18(4)23(17(15)3)31(28,29)21-9-11-27(12-10-21)24-26-22(14-30-24)19-5-7-20(25)8-6-19/h5-8,13-14,21H,9-12H2,1-4H3. The van der Waals surface area contributed by atoms with Crippen molar-refractivity contribution in [2.75, 3.05) is 18.0 Å². The zero-order valence-corrected chi connectivity index (χ0v) is 20.7. The number of rotatable bonds is 4. The van der Waals surface area contributed by atoms with Crippen LogP contribution >= 0.6 is 22.9 Å². The summed E-state index contributed by atoms with van der Waals surface area (Å²) in [6.07, 6.45) is 1.23. The molecule has 1 aromatic heterocycles. The van der Waals surface area contributed by atoms with Crippen LogP contribution in [0.2, 0.25) is 5.02 Å². The van der Waals surface area contributed by atoms with Crippen molar-refractivity contribution < 1.29 is 8.42 Å². The highest BCUT2D eigenvalue weighted by molar-refractivity contribution is 7.92. The third-order valence-electron chi connectivity index (χ3n) is 6.37. The molecule has 0 N–H and O–H groups in total. The van der Waals surface area contributed by atoms with Crippen molar-refractivity contribution in [1.82, 2.24) is 4.98 Å². The van der Waals surface area contributed by atoms with Crippen LogP contribution in [-0.2, 0) is 9.84 Å². The van der Waals surface area contributed by atoms with Crippen LogP contribution in [0.1, 0.15) is 35.1 Å². The second-order valence-electron chi connectivity index (χ2n) is 8.34. The van der Waals surface area contributed by atoms with E-state index in [0.717, 1.165) is 38.6 Å². The second-order valence-corrected chi connectivity index (χ2v) is 11.8. The van der Waals surface area contributed by atoms with Crippen LogP contribution in [0.3, 0.4) is 0 Å². The zero-order valence-electron chi connectivity index (χ0n) is 18.3. The summed E-state index contributed by atoms with van der Waals surface area (Å²) in [5.74, 6) is 0. The number of benzene rings is 2. The summed E-state index contributed by atoms with van der Waals surface area (Å²) in [7, 11) is -3.37. The minimum Gasteiger partial charge on any atom is -0.348 e. The summed E-state index contributed by atoms with van der Waals surface area (Å²) in [6.45, 7) is 9.23. The molecule has 1 aliphatic rings. The van der Waals surface area contributed by atoms with Gasteiger partial charge in [-0.05, 0) is 74.9 Å². The Morgan fingerprint density at radius 1 is 1.00 bits per heavy atom. The Bertz CT molecular complexity index is 1180. The topological polar surface area (TPSA) is 50.3 Å². The fraction of sp³-hybridized carbons (Fsp3) is 0.375. The SMILES string of the molecule is Cc1cc(C)c(C)c(S(=O)(=O)C2CCN(c3nc(-c4ccc(Cl)cc4)cs3)CC2)c1C. The maximum Gasteiger partial charge on any atom is 0.185 e. The van der Waals surface area contributed by atoms with E-state index in [1.54, 1.807) is 11.3 Å². The van der Waals surface area contributed by atoms with Crippen LogP contribution < -0.4 is 4.90 Å². The molecule has 1 fully saturated rings. The molecule has 0 saturated carbocycles. The van der Waals surface area contributed by atoms with Gasteiger partial charge in [-0.25, -0.2) is 13.4 Å². The quantitative estimate of drug-likeness (QED) is 0.455. The van der Waals surface area contributed by atoms with E-state index in [-0.39, 0.29) is 5.25 Å². The normalized spacial score (nSPS) is 15.5. The molecule has 2 heterocycles. The third-order valence-corrected chi connectivity index (χ3v) is 10.0. The smallest absolute Gasteiger partial charge is 0.185 e. The van der Waals surface area contributed by atoms with Crippen molar-refractivity contribution in [2.45, 2.75) is 50.7 Å². The second kappa shape index (κ2) is 8.57. The lowest BCUT2D eigenvalue weighted by Gasteiger charge is -2.32. The molecule has 1 saturated heterocycles. The fourth-order valence-corrected chi connectivity index (χ4v) is 7.65. The lowest BCUT2D eigenvalue weighted by molar-refractivity contribution is 0.528. The minimum atomic E-state index is -3.37. The number of nitrogens with zero attached hydrogens (tertiary/aromatic N) is 2. The monoisotopic (exact) mass is 474 g/mol. The van der Waals surface area contributed by atoms with Crippen molar-refractivity contribution in [2.24, 2.45) is 0 Å². The Balaban J connectivity index is 1.51. The minimum absolute atomic E-state index is 0.349. The van der Waals surface area contributed by atoms with Gasteiger partial charge in [0.2, 0.25) is 0 Å². The molecular formula is C24H27ClN2O2S2. The maximum atomic E-state index is 13.6. The molecular weight excluding hydrogens is 448 g/mol.